The number of ether oxygens (including phenoxy) is 2. The molecule has 97 valence electrons. The Hall–Kier alpha value is -0.776. The Morgan fingerprint density at radius 2 is 2.18 bits per heavy atom. The molecule has 1 amide bonds. The fraction of sp³-hybridized carbons (Fsp3) is 0.545. The summed E-state index contributed by atoms with van der Waals surface area (Å²) in [7, 11) is 1.55. The van der Waals surface area contributed by atoms with Gasteiger partial charge in [-0.15, -0.1) is 0 Å². The predicted octanol–water partition coefficient (Wildman–Crippen LogP) is 0.314. The van der Waals surface area contributed by atoms with E-state index in [1.165, 1.54) is 0 Å². The van der Waals surface area contributed by atoms with Crippen LogP contribution in [0.4, 0.5) is 0 Å². The summed E-state index contributed by atoms with van der Waals surface area (Å²) in [6, 6.07) is -0.0533. The van der Waals surface area contributed by atoms with E-state index in [0.29, 0.717) is 19.4 Å². The molecule has 17 heavy (non-hydrogen) atoms. The molecule has 0 aromatic carbocycles. The van der Waals surface area contributed by atoms with Crippen LogP contribution in [-0.4, -0.2) is 38.7 Å². The predicted molar refractivity (Wildman–Crippen MR) is 59.5 cm³/mol. The number of carbonyl (C=O) groups excluding carboxylic acids is 2. The van der Waals surface area contributed by atoms with Gasteiger partial charge < -0.3 is 22.2 Å². The third-order valence-electron chi connectivity index (χ3n) is 2.20. The van der Waals surface area contributed by atoms with Gasteiger partial charge in [0.05, 0.1) is 12.5 Å². The zero-order valence-corrected chi connectivity index (χ0v) is 11.5. The summed E-state index contributed by atoms with van der Waals surface area (Å²) in [6.07, 6.45) is 4.77. The Morgan fingerprint density at radius 3 is 2.76 bits per heavy atom. The third kappa shape index (κ3) is 6.51. The quantitative estimate of drug-likeness (QED) is 0.250. The van der Waals surface area contributed by atoms with Crippen molar-refractivity contribution in [1.29, 1.82) is 0 Å². The minimum absolute atomic E-state index is 0. The number of nitrogens with one attached hydrogen (secondary N) is 1. The van der Waals surface area contributed by atoms with Gasteiger partial charge in [0.1, 0.15) is 6.61 Å². The van der Waals surface area contributed by atoms with E-state index in [0.717, 1.165) is 0 Å². The van der Waals surface area contributed by atoms with E-state index in [2.05, 4.69) is 5.32 Å². The third-order valence-corrected chi connectivity index (χ3v) is 2.20. The average Bonchev–Trinajstić information content (AvgIpc) is 2.67. The molecule has 0 aromatic heterocycles. The normalized spacial score (nSPS) is 21.0. The Bertz CT molecular complexity index is 258. The monoisotopic (exact) mass is 279 g/mol. The molecule has 0 aromatic rings. The summed E-state index contributed by atoms with van der Waals surface area (Å²) in [6.45, 7) is 0.670. The second kappa shape index (κ2) is 10.4. The van der Waals surface area contributed by atoms with Gasteiger partial charge in [0.15, 0.2) is 0 Å². The number of hydrogen-bond donors (Lipinski definition) is 1. The van der Waals surface area contributed by atoms with Crippen LogP contribution in [0.25, 0.3) is 0 Å². The fourth-order valence-corrected chi connectivity index (χ4v) is 1.42. The SMILES string of the molecule is COCCOC(=O)C1C=CC(NC=O)C1.[CH3-].[V]. The zero-order chi connectivity index (χ0) is 11.1. The van der Waals surface area contributed by atoms with Gasteiger partial charge in [-0.2, -0.15) is 0 Å². The van der Waals surface area contributed by atoms with E-state index in [-0.39, 0.29) is 50.5 Å². The molecule has 0 aliphatic heterocycles. The molecule has 2 unspecified atom stereocenters. The van der Waals surface area contributed by atoms with Gasteiger partial charge in [0.2, 0.25) is 6.41 Å². The molecule has 1 N–H and O–H groups in total. The van der Waals surface area contributed by atoms with Crippen molar-refractivity contribution in [2.75, 3.05) is 20.3 Å². The van der Waals surface area contributed by atoms with E-state index in [4.69, 9.17) is 9.47 Å². The van der Waals surface area contributed by atoms with Gasteiger partial charge in [-0.1, -0.05) is 12.2 Å². The second-order valence-electron chi connectivity index (χ2n) is 3.28. The number of methoxy groups -OCH3 is 1. The van der Waals surface area contributed by atoms with Crippen LogP contribution in [0.15, 0.2) is 12.2 Å². The van der Waals surface area contributed by atoms with Crippen molar-refractivity contribution in [3.63, 3.8) is 0 Å². The average molecular weight is 279 g/mol. The van der Waals surface area contributed by atoms with E-state index < -0.39 is 0 Å². The number of esters is 1. The van der Waals surface area contributed by atoms with Crippen LogP contribution in [-0.2, 0) is 37.6 Å². The van der Waals surface area contributed by atoms with Crippen LogP contribution in [0.2, 0.25) is 0 Å². The molecular weight excluding hydrogens is 261 g/mol. The van der Waals surface area contributed by atoms with Gasteiger partial charge >= 0.3 is 5.97 Å². The number of rotatable bonds is 6. The molecule has 5 nitrogen and oxygen atoms in total. The van der Waals surface area contributed by atoms with E-state index >= 15 is 0 Å². The van der Waals surface area contributed by atoms with E-state index in [1.807, 2.05) is 0 Å². The molecule has 0 saturated heterocycles. The van der Waals surface area contributed by atoms with Crippen LogP contribution in [0.3, 0.4) is 0 Å². The summed E-state index contributed by atoms with van der Waals surface area (Å²) in [5, 5.41) is 2.60. The van der Waals surface area contributed by atoms with Crippen molar-refractivity contribution in [2.24, 2.45) is 5.92 Å². The Morgan fingerprint density at radius 1 is 1.47 bits per heavy atom. The maximum absolute atomic E-state index is 11.4. The largest absolute Gasteiger partial charge is 0.463 e. The van der Waals surface area contributed by atoms with Crippen LogP contribution in [0.5, 0.6) is 0 Å². The van der Waals surface area contributed by atoms with Crippen LogP contribution in [0.1, 0.15) is 6.42 Å². The molecule has 1 aliphatic carbocycles. The molecule has 1 aliphatic rings. The first-order valence-electron chi connectivity index (χ1n) is 4.81. The van der Waals surface area contributed by atoms with Gasteiger partial charge in [-0.3, -0.25) is 9.59 Å². The molecule has 0 fully saturated rings. The molecular formula is C11H18NO4V-. The second-order valence-corrected chi connectivity index (χ2v) is 3.28. The van der Waals surface area contributed by atoms with Gasteiger partial charge in [0.25, 0.3) is 0 Å². The van der Waals surface area contributed by atoms with Gasteiger partial charge in [-0.25, -0.2) is 0 Å². The maximum Gasteiger partial charge on any atom is 0.312 e. The molecule has 1 radical (unpaired) electrons. The minimum Gasteiger partial charge on any atom is -0.463 e. The standard InChI is InChI=1S/C10H15NO4.CH3.V/c1-14-4-5-15-10(13)8-2-3-9(6-8)11-7-12;;/h2-3,7-9H,4-6H2,1H3,(H,11,12);1H3;/q;-1;. The first kappa shape index (κ1) is 18.6. The summed E-state index contributed by atoms with van der Waals surface area (Å²) < 4.78 is 9.72. The van der Waals surface area contributed by atoms with Crippen molar-refractivity contribution in [1.82, 2.24) is 5.32 Å². The Balaban J connectivity index is 0. The summed E-state index contributed by atoms with van der Waals surface area (Å²) >= 11 is 0. The zero-order valence-electron chi connectivity index (χ0n) is 10.1. The molecule has 6 heteroatoms. The van der Waals surface area contributed by atoms with Crippen molar-refractivity contribution < 1.29 is 37.6 Å². The number of amides is 1. The van der Waals surface area contributed by atoms with Crippen LogP contribution < -0.4 is 5.32 Å². The molecule has 0 heterocycles. The number of hydrogen-bond acceptors (Lipinski definition) is 4. The Kier molecular flexibility index (Phi) is 11.4. The molecule has 0 saturated carbocycles. The van der Waals surface area contributed by atoms with Gasteiger partial charge in [-0.05, 0) is 6.42 Å². The van der Waals surface area contributed by atoms with E-state index in [9.17, 15) is 9.59 Å². The summed E-state index contributed by atoms with van der Waals surface area (Å²) in [5.74, 6) is -0.516. The van der Waals surface area contributed by atoms with Crippen LogP contribution in [0, 0.1) is 13.3 Å². The number of carbonyl (C=O) groups is 2. The molecule has 0 bridgehead atoms. The minimum atomic E-state index is -0.265. The molecule has 1 rings (SSSR count). The smallest absolute Gasteiger partial charge is 0.312 e. The van der Waals surface area contributed by atoms with Crippen LogP contribution >= 0.6 is 0 Å². The Labute approximate surface area is 114 Å². The first-order valence-corrected chi connectivity index (χ1v) is 4.81. The van der Waals surface area contributed by atoms with Gasteiger partial charge in [0, 0.05) is 31.7 Å². The summed E-state index contributed by atoms with van der Waals surface area (Å²) in [4.78, 5) is 21.6. The maximum atomic E-state index is 11.4. The van der Waals surface area contributed by atoms with Crippen molar-refractivity contribution in [3.8, 4) is 0 Å². The van der Waals surface area contributed by atoms with Crippen molar-refractivity contribution in [3.05, 3.63) is 19.6 Å². The summed E-state index contributed by atoms with van der Waals surface area (Å²) in [5.41, 5.74) is 0. The van der Waals surface area contributed by atoms with Crippen molar-refractivity contribution in [2.45, 2.75) is 12.5 Å². The molecule has 0 spiro atoms. The molecule has 2 atom stereocenters. The topological polar surface area (TPSA) is 64.6 Å². The fourth-order valence-electron chi connectivity index (χ4n) is 1.42. The van der Waals surface area contributed by atoms with E-state index in [1.54, 1.807) is 19.3 Å². The first-order chi connectivity index (χ1) is 7.27. The van der Waals surface area contributed by atoms with Crippen molar-refractivity contribution >= 4 is 12.4 Å².